The van der Waals surface area contributed by atoms with Crippen LogP contribution in [-0.2, 0) is 0 Å². The predicted octanol–water partition coefficient (Wildman–Crippen LogP) is 2.24. The summed E-state index contributed by atoms with van der Waals surface area (Å²) in [5, 5.41) is 10.8. The molecule has 0 aliphatic carbocycles. The van der Waals surface area contributed by atoms with E-state index in [1.165, 1.54) is 17.1 Å². The van der Waals surface area contributed by atoms with Gasteiger partial charge in [0.25, 0.3) is 0 Å². The molecule has 0 aliphatic heterocycles. The molecule has 0 unspecified atom stereocenters. The van der Waals surface area contributed by atoms with Crippen molar-refractivity contribution in [3.05, 3.63) is 53.2 Å². The van der Waals surface area contributed by atoms with E-state index in [2.05, 4.69) is 31.5 Å². The van der Waals surface area contributed by atoms with E-state index in [4.69, 9.17) is 9.15 Å². The molecule has 20 heavy (non-hydrogen) atoms. The Kier molecular flexibility index (Phi) is 3.30. The first-order valence-corrected chi connectivity index (χ1v) is 6.32. The Balaban J connectivity index is 1.74. The van der Waals surface area contributed by atoms with E-state index in [0.29, 0.717) is 10.4 Å². The Morgan fingerprint density at radius 3 is 2.60 bits per heavy atom. The average Bonchev–Trinajstić information content (AvgIpc) is 3.10. The summed E-state index contributed by atoms with van der Waals surface area (Å²) in [7, 11) is 0. The van der Waals surface area contributed by atoms with Gasteiger partial charge in [0, 0.05) is 0 Å². The second kappa shape index (κ2) is 5.25. The first-order chi connectivity index (χ1) is 9.72. The summed E-state index contributed by atoms with van der Waals surface area (Å²) >= 11 is 3.12. The molecule has 0 amide bonds. The second-order valence-corrected chi connectivity index (χ2v) is 4.52. The maximum atomic E-state index is 11.8. The summed E-state index contributed by atoms with van der Waals surface area (Å²) in [6.07, 6.45) is 1.47. The molecule has 3 aromatic rings. The number of aromatic nitrogens is 4. The second-order valence-electron chi connectivity index (χ2n) is 3.74. The molecule has 0 saturated carbocycles. The molecule has 7 nitrogen and oxygen atoms in total. The topological polar surface area (TPSA) is 83.0 Å². The third kappa shape index (κ3) is 2.59. The standard InChI is InChI=1S/C12H7BrN4O3/c13-11-6-5-10(20-11)12(18)19-9-3-1-8(2-4-9)17-7-14-15-16-17/h1-7H. The molecule has 0 aliphatic rings. The Labute approximate surface area is 121 Å². The van der Waals surface area contributed by atoms with E-state index in [-0.39, 0.29) is 5.76 Å². The van der Waals surface area contributed by atoms with Crippen molar-refractivity contribution in [2.75, 3.05) is 0 Å². The Morgan fingerprint density at radius 1 is 1.20 bits per heavy atom. The van der Waals surface area contributed by atoms with Gasteiger partial charge < -0.3 is 9.15 Å². The lowest BCUT2D eigenvalue weighted by molar-refractivity contribution is 0.0700. The lowest BCUT2D eigenvalue weighted by Crippen LogP contribution is -2.07. The average molecular weight is 335 g/mol. The van der Waals surface area contributed by atoms with Gasteiger partial charge in [0.15, 0.2) is 4.67 Å². The van der Waals surface area contributed by atoms with Gasteiger partial charge in [-0.25, -0.2) is 9.48 Å². The van der Waals surface area contributed by atoms with Gasteiger partial charge in [-0.3, -0.25) is 0 Å². The summed E-state index contributed by atoms with van der Waals surface area (Å²) in [5.41, 5.74) is 0.760. The van der Waals surface area contributed by atoms with Crippen molar-refractivity contribution in [1.29, 1.82) is 0 Å². The van der Waals surface area contributed by atoms with Crippen LogP contribution in [0.15, 0.2) is 51.8 Å². The number of carbonyl (C=O) groups is 1. The number of rotatable bonds is 3. The summed E-state index contributed by atoms with van der Waals surface area (Å²) in [5.74, 6) is -0.0355. The number of esters is 1. The molecule has 8 heteroatoms. The van der Waals surface area contributed by atoms with Crippen LogP contribution in [0.3, 0.4) is 0 Å². The fourth-order valence-electron chi connectivity index (χ4n) is 1.53. The van der Waals surface area contributed by atoms with Crippen LogP contribution >= 0.6 is 15.9 Å². The van der Waals surface area contributed by atoms with Gasteiger partial charge in [-0.15, -0.1) is 5.10 Å². The van der Waals surface area contributed by atoms with Gasteiger partial charge in [0.1, 0.15) is 12.1 Å². The number of furan rings is 1. The lowest BCUT2D eigenvalue weighted by atomic mass is 10.3. The van der Waals surface area contributed by atoms with Crippen molar-refractivity contribution >= 4 is 21.9 Å². The molecule has 0 saturated heterocycles. The number of hydrogen-bond acceptors (Lipinski definition) is 6. The summed E-state index contributed by atoms with van der Waals surface area (Å²) < 4.78 is 12.2. The Bertz CT molecular complexity index is 722. The van der Waals surface area contributed by atoms with Crippen molar-refractivity contribution in [2.24, 2.45) is 0 Å². The molecule has 0 atom stereocenters. The molecule has 0 bridgehead atoms. The third-order valence-electron chi connectivity index (χ3n) is 2.44. The summed E-state index contributed by atoms with van der Waals surface area (Å²) in [6.45, 7) is 0. The van der Waals surface area contributed by atoms with Gasteiger partial charge in [-0.2, -0.15) is 0 Å². The van der Waals surface area contributed by atoms with E-state index in [0.717, 1.165) is 5.69 Å². The minimum atomic E-state index is -0.564. The molecule has 100 valence electrons. The molecule has 0 radical (unpaired) electrons. The highest BCUT2D eigenvalue weighted by atomic mass is 79.9. The molecule has 0 N–H and O–H groups in total. The molecule has 0 spiro atoms. The highest BCUT2D eigenvalue weighted by Gasteiger charge is 2.13. The van der Waals surface area contributed by atoms with Crippen molar-refractivity contribution in [3.8, 4) is 11.4 Å². The van der Waals surface area contributed by atoms with Crippen LogP contribution in [0.25, 0.3) is 5.69 Å². The zero-order valence-electron chi connectivity index (χ0n) is 9.93. The number of benzene rings is 1. The van der Waals surface area contributed by atoms with Gasteiger partial charge in [0.05, 0.1) is 5.69 Å². The fraction of sp³-hybridized carbons (Fsp3) is 0. The first-order valence-electron chi connectivity index (χ1n) is 5.53. The zero-order valence-corrected chi connectivity index (χ0v) is 11.5. The minimum Gasteiger partial charge on any atom is -0.442 e. The van der Waals surface area contributed by atoms with Crippen molar-refractivity contribution < 1.29 is 13.9 Å². The van der Waals surface area contributed by atoms with Crippen LogP contribution in [-0.4, -0.2) is 26.2 Å². The van der Waals surface area contributed by atoms with Crippen LogP contribution in [0.4, 0.5) is 0 Å². The van der Waals surface area contributed by atoms with Gasteiger partial charge in [-0.1, -0.05) is 0 Å². The fourth-order valence-corrected chi connectivity index (χ4v) is 1.83. The smallest absolute Gasteiger partial charge is 0.379 e. The number of hydrogen-bond donors (Lipinski definition) is 0. The van der Waals surface area contributed by atoms with Crippen molar-refractivity contribution in [1.82, 2.24) is 20.2 Å². The van der Waals surface area contributed by atoms with Crippen molar-refractivity contribution in [3.63, 3.8) is 0 Å². The van der Waals surface area contributed by atoms with E-state index < -0.39 is 5.97 Å². The van der Waals surface area contributed by atoms with Crippen LogP contribution in [0.2, 0.25) is 0 Å². The maximum Gasteiger partial charge on any atom is 0.379 e. The molecule has 2 heterocycles. The summed E-state index contributed by atoms with van der Waals surface area (Å²) in [6, 6.07) is 9.91. The molecule has 3 rings (SSSR count). The number of nitrogens with zero attached hydrogens (tertiary/aromatic N) is 4. The van der Waals surface area contributed by atoms with Crippen LogP contribution in [0, 0.1) is 0 Å². The number of halogens is 1. The highest BCUT2D eigenvalue weighted by molar-refractivity contribution is 9.10. The third-order valence-corrected chi connectivity index (χ3v) is 2.86. The lowest BCUT2D eigenvalue weighted by Gasteiger charge is -2.03. The van der Waals surface area contributed by atoms with Gasteiger partial charge >= 0.3 is 5.97 Å². The predicted molar refractivity (Wildman–Crippen MR) is 70.5 cm³/mol. The van der Waals surface area contributed by atoms with Crippen molar-refractivity contribution in [2.45, 2.75) is 0 Å². The van der Waals surface area contributed by atoms with E-state index >= 15 is 0 Å². The van der Waals surface area contributed by atoms with Crippen LogP contribution in [0.5, 0.6) is 5.75 Å². The van der Waals surface area contributed by atoms with Gasteiger partial charge in [-0.05, 0) is 62.8 Å². The van der Waals surface area contributed by atoms with E-state index in [9.17, 15) is 4.79 Å². The van der Waals surface area contributed by atoms with E-state index in [1.54, 1.807) is 30.3 Å². The SMILES string of the molecule is O=C(Oc1ccc(-n2cnnn2)cc1)c1ccc(Br)o1. The maximum absolute atomic E-state index is 11.8. The van der Waals surface area contributed by atoms with E-state index in [1.807, 2.05) is 0 Å². The minimum absolute atomic E-state index is 0.126. The monoisotopic (exact) mass is 334 g/mol. The molecule has 2 aromatic heterocycles. The first kappa shape index (κ1) is 12.5. The molecular weight excluding hydrogens is 328 g/mol. The number of ether oxygens (including phenoxy) is 1. The largest absolute Gasteiger partial charge is 0.442 e. The molecule has 0 fully saturated rings. The molecular formula is C12H7BrN4O3. The van der Waals surface area contributed by atoms with Gasteiger partial charge in [0.2, 0.25) is 5.76 Å². The Hall–Kier alpha value is -2.48. The quantitative estimate of drug-likeness (QED) is 0.539. The Morgan fingerprint density at radius 2 is 2.00 bits per heavy atom. The normalized spacial score (nSPS) is 10.4. The number of carbonyl (C=O) groups excluding carboxylic acids is 1. The van der Waals surface area contributed by atoms with Crippen LogP contribution in [0.1, 0.15) is 10.6 Å². The summed E-state index contributed by atoms with van der Waals surface area (Å²) in [4.78, 5) is 11.8. The highest BCUT2D eigenvalue weighted by Crippen LogP contribution is 2.18. The molecule has 1 aromatic carbocycles. The number of tetrazole rings is 1. The zero-order chi connectivity index (χ0) is 13.9. The van der Waals surface area contributed by atoms with Crippen LogP contribution < -0.4 is 4.74 Å².